The normalized spacial score (nSPS) is 33.9. The maximum Gasteiger partial charge on any atom is 0.290 e. The van der Waals surface area contributed by atoms with Crippen LogP contribution in [0.3, 0.4) is 0 Å². The van der Waals surface area contributed by atoms with E-state index < -0.39 is 41.9 Å². The predicted octanol–water partition coefficient (Wildman–Crippen LogP) is 1.36. The predicted molar refractivity (Wildman–Crippen MR) is 188 cm³/mol. The summed E-state index contributed by atoms with van der Waals surface area (Å²) in [6, 6.07) is 7.36. The molecule has 0 bridgehead atoms. The molecule has 0 radical (unpaired) electrons. The fourth-order valence-corrected chi connectivity index (χ4v) is 9.22. The van der Waals surface area contributed by atoms with Gasteiger partial charge in [-0.05, 0) is 61.0 Å². The van der Waals surface area contributed by atoms with E-state index in [1.807, 2.05) is 6.92 Å². The second-order valence-electron chi connectivity index (χ2n) is 13.8. The van der Waals surface area contributed by atoms with Gasteiger partial charge in [-0.15, -0.1) is 23.5 Å². The number of benzene rings is 1. The van der Waals surface area contributed by atoms with E-state index in [1.165, 1.54) is 23.7 Å². The lowest BCUT2D eigenvalue weighted by Crippen LogP contribution is -2.65. The van der Waals surface area contributed by atoms with Crippen LogP contribution in [0.4, 0.5) is 0 Å². The van der Waals surface area contributed by atoms with Crippen molar-refractivity contribution < 1.29 is 39.5 Å². The molecule has 0 aromatic heterocycles. The Morgan fingerprint density at radius 2 is 1.79 bits per heavy atom. The van der Waals surface area contributed by atoms with Crippen LogP contribution in [0, 0.1) is 17.8 Å². The van der Waals surface area contributed by atoms with Crippen LogP contribution in [0.1, 0.15) is 45.6 Å². The minimum atomic E-state index is -1.39. The summed E-state index contributed by atoms with van der Waals surface area (Å²) in [5.74, 6) is 1.30. The molecule has 0 aliphatic carbocycles. The molecule has 0 spiro atoms. The van der Waals surface area contributed by atoms with Gasteiger partial charge in [0.2, 0.25) is 5.91 Å². The summed E-state index contributed by atoms with van der Waals surface area (Å²) in [5, 5.41) is 49.2. The number of aliphatic hydroxyl groups is 3. The number of aliphatic hydroxyl groups excluding tert-OH is 3. The van der Waals surface area contributed by atoms with E-state index >= 15 is 0 Å². The molecule has 1 aromatic carbocycles. The fourth-order valence-electron chi connectivity index (χ4n) is 7.45. The average molecular weight is 713 g/mol. The number of nitrogens with one attached hydrogen (secondary N) is 3. The van der Waals surface area contributed by atoms with Crippen molar-refractivity contribution in [2.45, 2.75) is 105 Å². The first-order chi connectivity index (χ1) is 23.1. The zero-order chi connectivity index (χ0) is 34.8. The molecule has 4 fully saturated rings. The lowest BCUT2D eigenvalue weighted by Gasteiger charge is -2.44. The zero-order valence-corrected chi connectivity index (χ0v) is 30.2. The summed E-state index contributed by atoms with van der Waals surface area (Å²) in [5.41, 5.74) is 0.525. The zero-order valence-electron chi connectivity index (χ0n) is 28.6. The number of hydrogen-bond acceptors (Lipinski definition) is 12. The Hall–Kier alpha value is -1.46. The van der Waals surface area contributed by atoms with E-state index in [4.69, 9.17) is 19.4 Å². The number of thioether (sulfide) groups is 2. The summed E-state index contributed by atoms with van der Waals surface area (Å²) < 4.78 is 12.5. The third-order valence-electron chi connectivity index (χ3n) is 9.82. The average Bonchev–Trinajstić information content (AvgIpc) is 3.35. The van der Waals surface area contributed by atoms with Gasteiger partial charge in [0, 0.05) is 56.0 Å². The molecule has 12 nitrogen and oxygen atoms in total. The van der Waals surface area contributed by atoms with Crippen molar-refractivity contribution in [3.8, 4) is 0 Å². The van der Waals surface area contributed by atoms with Crippen LogP contribution in [-0.2, 0) is 25.6 Å². The van der Waals surface area contributed by atoms with Crippen LogP contribution in [0.15, 0.2) is 29.2 Å². The maximum absolute atomic E-state index is 14.0. The molecule has 4 saturated heterocycles. The molecule has 11 atom stereocenters. The highest BCUT2D eigenvalue weighted by molar-refractivity contribution is 8.00. The smallest absolute Gasteiger partial charge is 0.290 e. The van der Waals surface area contributed by atoms with E-state index in [0.717, 1.165) is 57.0 Å². The first-order valence-electron chi connectivity index (χ1n) is 17.2. The number of piperazine rings is 1. The first-order valence-corrected chi connectivity index (χ1v) is 19.4. The van der Waals surface area contributed by atoms with E-state index in [9.17, 15) is 20.1 Å². The van der Waals surface area contributed by atoms with Gasteiger partial charge in [0.15, 0.2) is 0 Å². The van der Waals surface area contributed by atoms with Gasteiger partial charge in [-0.1, -0.05) is 32.9 Å². The van der Waals surface area contributed by atoms with Crippen molar-refractivity contribution in [2.75, 3.05) is 45.6 Å². The number of rotatable bonds is 11. The van der Waals surface area contributed by atoms with E-state index in [0.29, 0.717) is 18.4 Å². The molecule has 7 N–H and O–H groups in total. The quantitative estimate of drug-likeness (QED) is 0.130. The molecule has 4 aliphatic heterocycles. The SMILES string of the molecule is CS[C@H]1O[C@H]([C@H](NC(=O)[C@H]2NC[C@@H]3C[C@H](CC(C)C)CCO[C@H]32)[C@H](C)Sc2ccc(CN3CCNCC3)cc2)[C@H](O)[C@H](O)[C@H]1O.O=CO. The Balaban J connectivity index is 0.00000167. The molecule has 0 unspecified atom stereocenters. The lowest BCUT2D eigenvalue weighted by atomic mass is 9.85. The number of fused-ring (bicyclic) bond motifs is 1. The van der Waals surface area contributed by atoms with Crippen LogP contribution >= 0.6 is 23.5 Å². The third-order valence-corrected chi connectivity index (χ3v) is 11.9. The second kappa shape index (κ2) is 19.2. The van der Waals surface area contributed by atoms with Crippen molar-refractivity contribution in [3.63, 3.8) is 0 Å². The second-order valence-corrected chi connectivity index (χ2v) is 16.2. The van der Waals surface area contributed by atoms with Gasteiger partial charge in [0.25, 0.3) is 6.47 Å². The van der Waals surface area contributed by atoms with Gasteiger partial charge in [0.05, 0.1) is 12.1 Å². The molecule has 48 heavy (non-hydrogen) atoms. The fraction of sp³-hybridized carbons (Fsp3) is 0.765. The molecular weight excluding hydrogens is 657 g/mol. The first kappa shape index (κ1) is 39.3. The Labute approximate surface area is 293 Å². The number of amides is 1. The Morgan fingerprint density at radius 1 is 1.10 bits per heavy atom. The topological polar surface area (TPSA) is 173 Å². The van der Waals surface area contributed by atoms with Gasteiger partial charge in [0.1, 0.15) is 35.9 Å². The van der Waals surface area contributed by atoms with Crippen LogP contribution < -0.4 is 16.0 Å². The standard InChI is InChI=1S/C33H54N4O6S2.CH2O2/c1-19(2)15-22-9-14-42-30-23(16-22)17-35-26(30)32(41)36-25(31-28(39)27(38)29(40)33(43-31)44-4)20(3)45-24-7-5-21(6-8-24)18-37-12-10-34-11-13-37;2-1-3/h5-8,19-20,22-23,25-31,33-35,38-40H,9-18H2,1-4H3,(H,36,41);1H,(H,2,3)/t20-,22-,23-,25+,26-,27-,28+,29+,30+,31+,33+;/m0./s1. The largest absolute Gasteiger partial charge is 0.483 e. The summed E-state index contributed by atoms with van der Waals surface area (Å²) in [6.45, 7) is 12.7. The van der Waals surface area contributed by atoms with Crippen LogP contribution in [0.5, 0.6) is 0 Å². The monoisotopic (exact) mass is 712 g/mol. The number of nitrogens with zero attached hydrogens (tertiary/aromatic N) is 1. The molecule has 14 heteroatoms. The number of carbonyl (C=O) groups excluding carboxylic acids is 1. The van der Waals surface area contributed by atoms with Crippen molar-refractivity contribution in [1.29, 1.82) is 0 Å². The van der Waals surface area contributed by atoms with Gasteiger partial charge in [-0.2, -0.15) is 0 Å². The number of hydrogen-bond donors (Lipinski definition) is 7. The van der Waals surface area contributed by atoms with E-state index in [2.05, 4.69) is 59.0 Å². The molecule has 5 rings (SSSR count). The van der Waals surface area contributed by atoms with Gasteiger partial charge >= 0.3 is 0 Å². The number of ether oxygens (including phenoxy) is 2. The van der Waals surface area contributed by atoms with Crippen molar-refractivity contribution in [1.82, 2.24) is 20.9 Å². The number of carbonyl (C=O) groups is 2. The van der Waals surface area contributed by atoms with Crippen LogP contribution in [0.25, 0.3) is 0 Å². The Bertz CT molecular complexity index is 1130. The van der Waals surface area contributed by atoms with Gasteiger partial charge in [-0.25, -0.2) is 0 Å². The maximum atomic E-state index is 14.0. The van der Waals surface area contributed by atoms with Crippen molar-refractivity contribution in [2.24, 2.45) is 17.8 Å². The molecule has 4 aliphatic rings. The molecule has 0 saturated carbocycles. The van der Waals surface area contributed by atoms with Crippen molar-refractivity contribution >= 4 is 35.9 Å². The summed E-state index contributed by atoms with van der Waals surface area (Å²) in [4.78, 5) is 25.8. The van der Waals surface area contributed by atoms with Crippen molar-refractivity contribution in [3.05, 3.63) is 29.8 Å². The van der Waals surface area contributed by atoms with Gasteiger partial charge < -0.3 is 45.9 Å². The molecule has 1 amide bonds. The highest BCUT2D eigenvalue weighted by atomic mass is 32.2. The lowest BCUT2D eigenvalue weighted by molar-refractivity contribution is -0.205. The molecule has 4 heterocycles. The highest BCUT2D eigenvalue weighted by Gasteiger charge is 2.50. The number of carboxylic acid groups (broad SMARTS) is 1. The molecule has 1 aromatic rings. The Kier molecular flexibility index (Phi) is 15.8. The minimum absolute atomic E-state index is 0.189. The summed E-state index contributed by atoms with van der Waals surface area (Å²) >= 11 is 2.87. The highest BCUT2D eigenvalue weighted by Crippen LogP contribution is 2.36. The van der Waals surface area contributed by atoms with Crippen LogP contribution in [0.2, 0.25) is 0 Å². The van der Waals surface area contributed by atoms with Crippen LogP contribution in [-0.4, -0.2) is 137 Å². The Morgan fingerprint density at radius 3 is 2.44 bits per heavy atom. The third kappa shape index (κ3) is 10.5. The molecular formula is C34H56N4O8S2. The summed E-state index contributed by atoms with van der Waals surface area (Å²) in [6.07, 6.45) is -0.0943. The molecule has 272 valence electrons. The van der Waals surface area contributed by atoms with E-state index in [1.54, 1.807) is 18.0 Å². The minimum Gasteiger partial charge on any atom is -0.483 e. The van der Waals surface area contributed by atoms with E-state index in [-0.39, 0.29) is 29.7 Å². The summed E-state index contributed by atoms with van der Waals surface area (Å²) in [7, 11) is 0. The van der Waals surface area contributed by atoms with Gasteiger partial charge in [-0.3, -0.25) is 14.5 Å².